The first-order valence-electron chi connectivity index (χ1n) is 10.8. The summed E-state index contributed by atoms with van der Waals surface area (Å²) >= 11 is 2.03. The van der Waals surface area contributed by atoms with E-state index in [4.69, 9.17) is 9.47 Å². The molecule has 0 aliphatic carbocycles. The lowest BCUT2D eigenvalue weighted by molar-refractivity contribution is -0.137. The highest BCUT2D eigenvalue weighted by atomic mass is 127. The summed E-state index contributed by atoms with van der Waals surface area (Å²) in [6.45, 7) is 2.22. The molecule has 0 aliphatic rings. The van der Waals surface area contributed by atoms with Gasteiger partial charge in [0.15, 0.2) is 11.5 Å². The van der Waals surface area contributed by atoms with Crippen LogP contribution in [0.4, 0.5) is 18.9 Å². The van der Waals surface area contributed by atoms with Crippen molar-refractivity contribution in [2.45, 2.75) is 19.7 Å². The fraction of sp³-hybridized carbons (Fsp3) is 0.148. The lowest BCUT2D eigenvalue weighted by Crippen LogP contribution is -2.14. The zero-order valence-electron chi connectivity index (χ0n) is 19.4. The Kier molecular flexibility index (Phi) is 9.15. The number of rotatable bonds is 8. The second-order valence-electron chi connectivity index (χ2n) is 7.52. The first kappa shape index (κ1) is 27.6. The van der Waals surface area contributed by atoms with E-state index in [1.54, 1.807) is 49.4 Å². The molecular weight excluding hydrogens is 598 g/mol. The third-order valence-electron chi connectivity index (χ3n) is 4.97. The van der Waals surface area contributed by atoms with Gasteiger partial charge in [0.05, 0.1) is 27.4 Å². The van der Waals surface area contributed by atoms with Crippen molar-refractivity contribution in [3.05, 3.63) is 92.1 Å². The number of carbonyl (C=O) groups is 1. The van der Waals surface area contributed by atoms with Crippen LogP contribution >= 0.6 is 22.6 Å². The van der Waals surface area contributed by atoms with Crippen LogP contribution in [0.25, 0.3) is 6.08 Å². The van der Waals surface area contributed by atoms with E-state index in [1.807, 2.05) is 22.6 Å². The molecule has 3 rings (SSSR count). The van der Waals surface area contributed by atoms with Gasteiger partial charge in [0.1, 0.15) is 18.2 Å². The number of hydrogen-bond acceptors (Lipinski definition) is 5. The number of alkyl halides is 3. The lowest BCUT2D eigenvalue weighted by Gasteiger charge is -2.15. The van der Waals surface area contributed by atoms with E-state index in [0.717, 1.165) is 12.1 Å². The van der Waals surface area contributed by atoms with Crippen LogP contribution < -0.4 is 14.8 Å². The molecule has 0 aliphatic heterocycles. The van der Waals surface area contributed by atoms with Gasteiger partial charge in [-0.2, -0.15) is 23.7 Å². The predicted molar refractivity (Wildman–Crippen MR) is 139 cm³/mol. The van der Waals surface area contributed by atoms with Gasteiger partial charge in [0, 0.05) is 11.3 Å². The molecule has 0 heterocycles. The number of hydrogen-bond donors (Lipinski definition) is 1. The van der Waals surface area contributed by atoms with Crippen molar-refractivity contribution in [1.82, 2.24) is 0 Å². The summed E-state index contributed by atoms with van der Waals surface area (Å²) in [5.41, 5.74) is 0.315. The predicted octanol–water partition coefficient (Wildman–Crippen LogP) is 6.71. The normalized spacial score (nSPS) is 11.3. The zero-order valence-corrected chi connectivity index (χ0v) is 21.6. The Morgan fingerprint density at radius 3 is 2.51 bits per heavy atom. The number of halogens is 4. The molecule has 0 saturated carbocycles. The Morgan fingerprint density at radius 1 is 1.08 bits per heavy atom. The molecule has 0 unspecified atom stereocenters. The van der Waals surface area contributed by atoms with E-state index in [0.29, 0.717) is 38.4 Å². The molecule has 1 N–H and O–H groups in total. The number of nitrogens with one attached hydrogen (secondary N) is 1. The van der Waals surface area contributed by atoms with Crippen molar-refractivity contribution in [2.75, 3.05) is 11.9 Å². The molecular formula is C27H19F3IN3O3. The average Bonchev–Trinajstić information content (AvgIpc) is 2.86. The highest BCUT2D eigenvalue weighted by Gasteiger charge is 2.30. The van der Waals surface area contributed by atoms with Crippen LogP contribution in [-0.2, 0) is 17.6 Å². The minimum atomic E-state index is -4.57. The first-order chi connectivity index (χ1) is 17.7. The van der Waals surface area contributed by atoms with Crippen LogP contribution in [-0.4, -0.2) is 12.5 Å². The molecule has 0 spiro atoms. The topological polar surface area (TPSA) is 95.1 Å². The highest BCUT2D eigenvalue weighted by Crippen LogP contribution is 2.36. The quantitative estimate of drug-likeness (QED) is 0.172. The van der Waals surface area contributed by atoms with Gasteiger partial charge in [0.25, 0.3) is 5.91 Å². The molecule has 0 fully saturated rings. The van der Waals surface area contributed by atoms with Crippen LogP contribution in [0.5, 0.6) is 11.5 Å². The summed E-state index contributed by atoms with van der Waals surface area (Å²) in [5.74, 6) is -0.0619. The Morgan fingerprint density at radius 2 is 1.84 bits per heavy atom. The molecule has 0 radical (unpaired) electrons. The van der Waals surface area contributed by atoms with Gasteiger partial charge < -0.3 is 14.8 Å². The summed E-state index contributed by atoms with van der Waals surface area (Å²) in [5, 5.41) is 21.2. The largest absolute Gasteiger partial charge is 0.490 e. The van der Waals surface area contributed by atoms with Gasteiger partial charge in [-0.3, -0.25) is 4.79 Å². The van der Waals surface area contributed by atoms with Crippen LogP contribution in [0.3, 0.4) is 0 Å². The fourth-order valence-corrected chi connectivity index (χ4v) is 4.05. The maximum Gasteiger partial charge on any atom is 0.416 e. The maximum absolute atomic E-state index is 13.0. The van der Waals surface area contributed by atoms with E-state index in [-0.39, 0.29) is 17.9 Å². The number of nitrogens with zero attached hydrogens (tertiary/aromatic N) is 2. The molecule has 0 saturated heterocycles. The van der Waals surface area contributed by atoms with Crippen LogP contribution in [0.1, 0.15) is 29.2 Å². The number of benzene rings is 3. The Labute approximate surface area is 225 Å². The third kappa shape index (κ3) is 7.24. The summed E-state index contributed by atoms with van der Waals surface area (Å²) < 4.78 is 51.2. The van der Waals surface area contributed by atoms with Crippen molar-refractivity contribution in [2.24, 2.45) is 0 Å². The second kappa shape index (κ2) is 12.3. The smallest absolute Gasteiger partial charge is 0.416 e. The van der Waals surface area contributed by atoms with Gasteiger partial charge in [-0.15, -0.1) is 0 Å². The lowest BCUT2D eigenvalue weighted by atomic mass is 10.1. The number of carbonyl (C=O) groups excluding carboxylic acids is 1. The standard InChI is InChI=1S/C27H19F3IN3O3/c1-2-36-24-12-17(11-23(31)25(24)37-16-19-7-4-3-6-18(19)14-32)10-20(15-33)26(35)34-22-9-5-8-21(13-22)27(28,29)30/h3-13H,2,16H2,1H3,(H,34,35)/b20-10-. The Hall–Kier alpha value is -4.03. The zero-order chi connectivity index (χ0) is 27.0. The molecule has 6 nitrogen and oxygen atoms in total. The van der Waals surface area contributed by atoms with Crippen molar-refractivity contribution < 1.29 is 27.4 Å². The minimum absolute atomic E-state index is 0.0908. The molecule has 3 aromatic rings. The Balaban J connectivity index is 1.86. The van der Waals surface area contributed by atoms with Gasteiger partial charge >= 0.3 is 6.18 Å². The van der Waals surface area contributed by atoms with Crippen molar-refractivity contribution in [3.63, 3.8) is 0 Å². The van der Waals surface area contributed by atoms with Gasteiger partial charge in [-0.1, -0.05) is 24.3 Å². The van der Waals surface area contributed by atoms with E-state index in [2.05, 4.69) is 11.4 Å². The molecule has 37 heavy (non-hydrogen) atoms. The fourth-order valence-electron chi connectivity index (χ4n) is 3.27. The van der Waals surface area contributed by atoms with Gasteiger partial charge in [-0.05, 0) is 77.6 Å². The molecule has 1 amide bonds. The molecule has 188 valence electrons. The molecule has 10 heteroatoms. The van der Waals surface area contributed by atoms with Crippen molar-refractivity contribution >= 4 is 40.3 Å². The number of amides is 1. The summed E-state index contributed by atoms with van der Waals surface area (Å²) in [7, 11) is 0. The minimum Gasteiger partial charge on any atom is -0.490 e. The molecule has 0 aromatic heterocycles. The monoisotopic (exact) mass is 617 g/mol. The number of nitriles is 2. The molecule has 3 aromatic carbocycles. The summed E-state index contributed by atoms with van der Waals surface area (Å²) in [4.78, 5) is 12.6. The van der Waals surface area contributed by atoms with E-state index in [9.17, 15) is 28.5 Å². The molecule has 0 bridgehead atoms. The Bertz CT molecular complexity index is 1420. The summed E-state index contributed by atoms with van der Waals surface area (Å²) in [6, 6.07) is 18.3. The molecule has 0 atom stereocenters. The number of anilines is 1. The van der Waals surface area contributed by atoms with E-state index in [1.165, 1.54) is 18.2 Å². The van der Waals surface area contributed by atoms with Crippen molar-refractivity contribution in [3.8, 4) is 23.6 Å². The van der Waals surface area contributed by atoms with Crippen LogP contribution in [0.15, 0.2) is 66.2 Å². The first-order valence-corrected chi connectivity index (χ1v) is 11.9. The third-order valence-corrected chi connectivity index (χ3v) is 5.77. The second-order valence-corrected chi connectivity index (χ2v) is 8.69. The van der Waals surface area contributed by atoms with E-state index >= 15 is 0 Å². The van der Waals surface area contributed by atoms with Gasteiger partial charge in [0.2, 0.25) is 0 Å². The van der Waals surface area contributed by atoms with Gasteiger partial charge in [-0.25, -0.2) is 0 Å². The van der Waals surface area contributed by atoms with Crippen LogP contribution in [0, 0.1) is 26.2 Å². The maximum atomic E-state index is 13.0. The highest BCUT2D eigenvalue weighted by molar-refractivity contribution is 14.1. The number of ether oxygens (including phenoxy) is 2. The van der Waals surface area contributed by atoms with E-state index < -0.39 is 17.6 Å². The SMILES string of the molecule is CCOc1cc(/C=C(/C#N)C(=O)Nc2cccc(C(F)(F)F)c2)cc(I)c1OCc1ccccc1C#N. The summed E-state index contributed by atoms with van der Waals surface area (Å²) in [6.07, 6.45) is -3.26. The average molecular weight is 617 g/mol. The van der Waals surface area contributed by atoms with Crippen molar-refractivity contribution in [1.29, 1.82) is 10.5 Å². The van der Waals surface area contributed by atoms with Crippen LogP contribution in [0.2, 0.25) is 0 Å².